The summed E-state index contributed by atoms with van der Waals surface area (Å²) >= 11 is 0. The van der Waals surface area contributed by atoms with Crippen molar-refractivity contribution in [2.45, 2.75) is 18.2 Å². The highest BCUT2D eigenvalue weighted by Gasteiger charge is 2.86. The minimum Gasteiger partial charge on any atom is -0.291 e. The second-order valence-electron chi connectivity index (χ2n) is 1.91. The van der Waals surface area contributed by atoms with Gasteiger partial charge in [0, 0.05) is 0 Å². The Balaban J connectivity index is 2.39. The molecule has 5 heavy (non-hydrogen) atoms. The van der Waals surface area contributed by atoms with Crippen molar-refractivity contribution >= 4 is 0 Å². The number of hydrogen-bond acceptors (Lipinski definition) is 2. The van der Waals surface area contributed by atoms with Crippen molar-refractivity contribution in [3.8, 4) is 0 Å². The SMILES string of the molecule is O1C2C3C2N13. The Bertz CT molecular complexity index is 71.1. The molecule has 2 bridgehead atoms. The van der Waals surface area contributed by atoms with Crippen LogP contribution in [0.2, 0.25) is 0 Å². The molecule has 3 saturated heterocycles. The maximum absolute atomic E-state index is 4.90. The molecule has 4 fully saturated rings. The Morgan fingerprint density at radius 2 is 1.80 bits per heavy atom. The van der Waals surface area contributed by atoms with E-state index in [1.165, 1.54) is 0 Å². The number of rotatable bonds is 0. The molecule has 4 rings (SSSR count). The minimum atomic E-state index is 0.718. The summed E-state index contributed by atoms with van der Waals surface area (Å²) in [5.74, 6) is 0. The third kappa shape index (κ3) is 0.0364. The first-order valence-electron chi connectivity index (χ1n) is 1.93. The lowest BCUT2D eigenvalue weighted by Crippen LogP contribution is -2.38. The van der Waals surface area contributed by atoms with Crippen LogP contribution in [0.4, 0.5) is 0 Å². The maximum atomic E-state index is 4.90. The third-order valence-electron chi connectivity index (χ3n) is 1.62. The molecular formula is C3H3NO. The first kappa shape index (κ1) is 1.58. The van der Waals surface area contributed by atoms with Gasteiger partial charge in [-0.1, -0.05) is 0 Å². The van der Waals surface area contributed by atoms with Crippen LogP contribution in [0.15, 0.2) is 0 Å². The predicted molar refractivity (Wildman–Crippen MR) is 14.3 cm³/mol. The van der Waals surface area contributed by atoms with Crippen molar-refractivity contribution in [3.05, 3.63) is 0 Å². The van der Waals surface area contributed by atoms with Gasteiger partial charge < -0.3 is 0 Å². The van der Waals surface area contributed by atoms with Gasteiger partial charge in [-0.2, -0.15) is 5.06 Å². The molecule has 1 saturated carbocycles. The molecule has 0 amide bonds. The fourth-order valence-corrected chi connectivity index (χ4v) is 0.971. The average molecular weight is 69.1 g/mol. The molecular weight excluding hydrogens is 66.0 g/mol. The van der Waals surface area contributed by atoms with E-state index >= 15 is 0 Å². The van der Waals surface area contributed by atoms with E-state index in [1.54, 1.807) is 0 Å². The monoisotopic (exact) mass is 69.0 g/mol. The van der Waals surface area contributed by atoms with Crippen LogP contribution in [-0.2, 0) is 4.84 Å². The maximum Gasteiger partial charge on any atom is 0.118 e. The van der Waals surface area contributed by atoms with Gasteiger partial charge >= 0.3 is 0 Å². The summed E-state index contributed by atoms with van der Waals surface area (Å²) in [7, 11) is 0. The van der Waals surface area contributed by atoms with Crippen molar-refractivity contribution in [3.63, 3.8) is 0 Å². The van der Waals surface area contributed by atoms with Crippen LogP contribution in [0.3, 0.4) is 0 Å². The summed E-state index contributed by atoms with van der Waals surface area (Å²) in [5, 5.41) is 2.03. The molecule has 0 aromatic carbocycles. The first-order chi connectivity index (χ1) is 2.48. The molecule has 0 radical (unpaired) electrons. The summed E-state index contributed by atoms with van der Waals surface area (Å²) in [6, 6.07) is 1.85. The number of hydrogen-bond donors (Lipinski definition) is 0. The van der Waals surface area contributed by atoms with E-state index in [2.05, 4.69) is 0 Å². The highest BCUT2D eigenvalue weighted by atomic mass is 16.8. The van der Waals surface area contributed by atoms with Gasteiger partial charge in [-0.25, -0.2) is 0 Å². The van der Waals surface area contributed by atoms with Gasteiger partial charge in [-0.15, -0.1) is 0 Å². The van der Waals surface area contributed by atoms with Gasteiger partial charge in [0.15, 0.2) is 0 Å². The van der Waals surface area contributed by atoms with E-state index < -0.39 is 0 Å². The lowest BCUT2D eigenvalue weighted by atomic mass is 10.6. The first-order valence-corrected chi connectivity index (χ1v) is 1.93. The molecule has 2 heteroatoms. The van der Waals surface area contributed by atoms with E-state index in [9.17, 15) is 0 Å². The Hall–Kier alpha value is -0.0800. The van der Waals surface area contributed by atoms with Crippen LogP contribution in [0, 0.1) is 0 Å². The van der Waals surface area contributed by atoms with Crippen LogP contribution >= 0.6 is 0 Å². The van der Waals surface area contributed by atoms with Crippen LogP contribution in [-0.4, -0.2) is 23.3 Å². The second kappa shape index (κ2) is 0.200. The number of nitrogens with zero attached hydrogens (tertiary/aromatic N) is 1. The molecule has 1 aliphatic carbocycles. The Morgan fingerprint density at radius 1 is 1.40 bits per heavy atom. The third-order valence-corrected chi connectivity index (χ3v) is 1.62. The van der Waals surface area contributed by atoms with Gasteiger partial charge in [0.25, 0.3) is 0 Å². The van der Waals surface area contributed by atoms with Crippen LogP contribution in [0.5, 0.6) is 0 Å². The van der Waals surface area contributed by atoms with E-state index in [4.69, 9.17) is 4.84 Å². The highest BCUT2D eigenvalue weighted by Crippen LogP contribution is 2.64. The molecule has 26 valence electrons. The Morgan fingerprint density at radius 3 is 1.80 bits per heavy atom. The van der Waals surface area contributed by atoms with Gasteiger partial charge in [0.2, 0.25) is 0 Å². The van der Waals surface area contributed by atoms with E-state index in [0.29, 0.717) is 0 Å². The predicted octanol–water partition coefficient (Wildman–Crippen LogP) is -0.633. The molecule has 2 unspecified atom stereocenters. The molecule has 4 aliphatic rings. The molecule has 0 aromatic rings. The normalized spacial score (nSPS) is 91.2. The molecule has 3 heterocycles. The average Bonchev–Trinajstić information content (AvgIpc) is 1.69. The summed E-state index contributed by atoms with van der Waals surface area (Å²) in [6.07, 6.45) is 0.718. The highest BCUT2D eigenvalue weighted by molar-refractivity contribution is 5.33. The van der Waals surface area contributed by atoms with Crippen LogP contribution in [0.25, 0.3) is 0 Å². The largest absolute Gasteiger partial charge is 0.291 e. The van der Waals surface area contributed by atoms with Crippen molar-refractivity contribution < 1.29 is 4.84 Å². The molecule has 2 nitrogen and oxygen atoms in total. The zero-order chi connectivity index (χ0) is 3.02. The Kier molecular flexibility index (Phi) is 0.0632. The van der Waals surface area contributed by atoms with Gasteiger partial charge in [0.1, 0.15) is 6.10 Å². The van der Waals surface area contributed by atoms with Crippen LogP contribution < -0.4 is 0 Å². The molecule has 3 aliphatic heterocycles. The van der Waals surface area contributed by atoms with Gasteiger partial charge in [0.05, 0.1) is 12.1 Å². The minimum absolute atomic E-state index is 0.718. The standard InChI is InChI=1S/C3H3NO/c5-3-1-2(3)4(1)5/h1-3H. The van der Waals surface area contributed by atoms with E-state index in [-0.39, 0.29) is 0 Å². The zero-order valence-corrected chi connectivity index (χ0v) is 2.59. The fourth-order valence-electron chi connectivity index (χ4n) is 0.971. The zero-order valence-electron chi connectivity index (χ0n) is 2.59. The van der Waals surface area contributed by atoms with Crippen molar-refractivity contribution in [2.24, 2.45) is 0 Å². The number of hydroxylamine groups is 2. The lowest BCUT2D eigenvalue weighted by Gasteiger charge is -2.25. The molecule has 0 N–H and O–H groups in total. The smallest absolute Gasteiger partial charge is 0.118 e. The molecule has 0 spiro atoms. The summed E-state index contributed by atoms with van der Waals surface area (Å²) in [4.78, 5) is 4.90. The lowest BCUT2D eigenvalue weighted by molar-refractivity contribution is -0.268. The quantitative estimate of drug-likeness (QED) is 0.351. The summed E-state index contributed by atoms with van der Waals surface area (Å²) < 4.78 is 0. The van der Waals surface area contributed by atoms with Crippen molar-refractivity contribution in [1.29, 1.82) is 0 Å². The summed E-state index contributed by atoms with van der Waals surface area (Å²) in [5.41, 5.74) is 0. The topological polar surface area (TPSA) is 12.2 Å². The molecule has 0 aromatic heterocycles. The Labute approximate surface area is 29.3 Å². The van der Waals surface area contributed by atoms with Gasteiger partial charge in [-0.05, 0) is 0 Å². The molecule has 2 atom stereocenters. The fraction of sp³-hybridized carbons (Fsp3) is 1.00. The van der Waals surface area contributed by atoms with Crippen molar-refractivity contribution in [2.75, 3.05) is 0 Å². The van der Waals surface area contributed by atoms with E-state index in [1.807, 2.05) is 5.06 Å². The van der Waals surface area contributed by atoms with Gasteiger partial charge in [-0.3, -0.25) is 4.84 Å². The van der Waals surface area contributed by atoms with Crippen molar-refractivity contribution in [1.82, 2.24) is 5.06 Å². The second-order valence-corrected chi connectivity index (χ2v) is 1.91. The summed E-state index contributed by atoms with van der Waals surface area (Å²) in [6.45, 7) is 0. The van der Waals surface area contributed by atoms with Crippen LogP contribution in [0.1, 0.15) is 0 Å². The van der Waals surface area contributed by atoms with E-state index in [0.717, 1.165) is 18.2 Å².